The first-order valence-electron chi connectivity index (χ1n) is 9.49. The number of tetrazole rings is 1. The molecule has 0 aliphatic carbocycles. The van der Waals surface area contributed by atoms with Gasteiger partial charge in [-0.3, -0.25) is 4.79 Å². The van der Waals surface area contributed by atoms with Crippen LogP contribution in [0, 0.1) is 0 Å². The predicted molar refractivity (Wildman–Crippen MR) is 113 cm³/mol. The van der Waals surface area contributed by atoms with Crippen LogP contribution < -0.4 is 24.8 Å². The Bertz CT molecular complexity index is 1160. The molecule has 0 fully saturated rings. The van der Waals surface area contributed by atoms with E-state index in [0.717, 1.165) is 0 Å². The number of methoxy groups -OCH3 is 3. The SMILES string of the molecule is COc1ccc(OC)c([C@@H]2C(C(=O)Nc3ccccc3OC)=C(C)Nc3nnnn32)c1. The van der Waals surface area contributed by atoms with Crippen LogP contribution in [0.15, 0.2) is 53.7 Å². The molecule has 0 spiro atoms. The van der Waals surface area contributed by atoms with Crippen molar-refractivity contribution in [1.29, 1.82) is 0 Å². The lowest BCUT2D eigenvalue weighted by Crippen LogP contribution is -2.31. The van der Waals surface area contributed by atoms with Gasteiger partial charge in [-0.05, 0) is 47.7 Å². The van der Waals surface area contributed by atoms with Crippen LogP contribution in [0.3, 0.4) is 0 Å². The van der Waals surface area contributed by atoms with Gasteiger partial charge in [0.15, 0.2) is 0 Å². The van der Waals surface area contributed by atoms with E-state index in [4.69, 9.17) is 14.2 Å². The molecule has 2 heterocycles. The number of amides is 1. The van der Waals surface area contributed by atoms with E-state index >= 15 is 0 Å². The van der Waals surface area contributed by atoms with E-state index in [-0.39, 0.29) is 5.91 Å². The van der Waals surface area contributed by atoms with E-state index in [1.165, 1.54) is 0 Å². The number of aromatic nitrogens is 4. The van der Waals surface area contributed by atoms with Gasteiger partial charge in [-0.25, -0.2) is 0 Å². The Morgan fingerprint density at radius 1 is 1.06 bits per heavy atom. The van der Waals surface area contributed by atoms with Crippen LogP contribution in [0.4, 0.5) is 11.6 Å². The summed E-state index contributed by atoms with van der Waals surface area (Å²) in [7, 11) is 4.69. The Balaban J connectivity index is 1.83. The van der Waals surface area contributed by atoms with Crippen molar-refractivity contribution in [2.75, 3.05) is 32.0 Å². The minimum atomic E-state index is -0.647. The van der Waals surface area contributed by atoms with Crippen molar-refractivity contribution < 1.29 is 19.0 Å². The van der Waals surface area contributed by atoms with Gasteiger partial charge < -0.3 is 24.8 Å². The van der Waals surface area contributed by atoms with Crippen molar-refractivity contribution in [3.8, 4) is 17.2 Å². The number of para-hydroxylation sites is 2. The van der Waals surface area contributed by atoms with Crippen molar-refractivity contribution in [1.82, 2.24) is 20.2 Å². The zero-order valence-corrected chi connectivity index (χ0v) is 17.5. The molecule has 0 unspecified atom stereocenters. The molecule has 1 aliphatic heterocycles. The van der Waals surface area contributed by atoms with Crippen molar-refractivity contribution in [2.24, 2.45) is 0 Å². The Morgan fingerprint density at radius 2 is 1.84 bits per heavy atom. The van der Waals surface area contributed by atoms with Gasteiger partial charge >= 0.3 is 0 Å². The molecule has 4 rings (SSSR count). The lowest BCUT2D eigenvalue weighted by Gasteiger charge is -2.29. The first-order valence-corrected chi connectivity index (χ1v) is 9.49. The maximum absolute atomic E-state index is 13.5. The number of nitrogens with zero attached hydrogens (tertiary/aromatic N) is 4. The fourth-order valence-corrected chi connectivity index (χ4v) is 3.58. The molecule has 1 atom stereocenters. The Morgan fingerprint density at radius 3 is 2.58 bits per heavy atom. The predicted octanol–water partition coefficient (Wildman–Crippen LogP) is 2.63. The highest BCUT2D eigenvalue weighted by Crippen LogP contribution is 2.40. The van der Waals surface area contributed by atoms with Gasteiger partial charge in [-0.2, -0.15) is 4.68 Å². The summed E-state index contributed by atoms with van der Waals surface area (Å²) >= 11 is 0. The molecule has 1 aliphatic rings. The molecular formula is C21H22N6O4. The van der Waals surface area contributed by atoms with Gasteiger partial charge in [0, 0.05) is 11.3 Å². The topological polar surface area (TPSA) is 112 Å². The van der Waals surface area contributed by atoms with E-state index in [1.54, 1.807) is 57.2 Å². The van der Waals surface area contributed by atoms with Gasteiger partial charge in [0.25, 0.3) is 5.91 Å². The number of ether oxygens (including phenoxy) is 3. The third kappa shape index (κ3) is 3.63. The second kappa shape index (κ2) is 8.34. The van der Waals surface area contributed by atoms with E-state index < -0.39 is 6.04 Å². The molecule has 0 saturated heterocycles. The summed E-state index contributed by atoms with van der Waals surface area (Å²) in [4.78, 5) is 13.5. The lowest BCUT2D eigenvalue weighted by molar-refractivity contribution is -0.113. The monoisotopic (exact) mass is 422 g/mol. The smallest absolute Gasteiger partial charge is 0.255 e. The molecule has 10 nitrogen and oxygen atoms in total. The number of fused-ring (bicyclic) bond motifs is 1. The van der Waals surface area contributed by atoms with Crippen LogP contribution >= 0.6 is 0 Å². The van der Waals surface area contributed by atoms with Crippen molar-refractivity contribution in [3.05, 3.63) is 59.3 Å². The second-order valence-corrected chi connectivity index (χ2v) is 6.78. The van der Waals surface area contributed by atoms with Gasteiger partial charge in [-0.1, -0.05) is 17.2 Å². The van der Waals surface area contributed by atoms with Gasteiger partial charge in [-0.15, -0.1) is 0 Å². The van der Waals surface area contributed by atoms with Crippen molar-refractivity contribution in [2.45, 2.75) is 13.0 Å². The summed E-state index contributed by atoms with van der Waals surface area (Å²) in [5, 5.41) is 17.9. The average Bonchev–Trinajstić information content (AvgIpc) is 3.26. The lowest BCUT2D eigenvalue weighted by atomic mass is 9.94. The minimum absolute atomic E-state index is 0.328. The zero-order valence-electron chi connectivity index (χ0n) is 17.5. The van der Waals surface area contributed by atoms with Crippen LogP contribution in [0.5, 0.6) is 17.2 Å². The maximum Gasteiger partial charge on any atom is 0.255 e. The first kappa shape index (κ1) is 20.2. The van der Waals surface area contributed by atoms with E-state index in [9.17, 15) is 4.79 Å². The Kier molecular flexibility index (Phi) is 5.44. The van der Waals surface area contributed by atoms with Gasteiger partial charge in [0.1, 0.15) is 23.3 Å². The molecule has 0 saturated carbocycles. The molecule has 160 valence electrons. The van der Waals surface area contributed by atoms with Crippen LogP contribution in [-0.4, -0.2) is 47.4 Å². The van der Waals surface area contributed by atoms with Crippen LogP contribution in [0.25, 0.3) is 0 Å². The zero-order chi connectivity index (χ0) is 22.0. The van der Waals surface area contributed by atoms with Crippen LogP contribution in [0.1, 0.15) is 18.5 Å². The Labute approximate surface area is 178 Å². The molecule has 1 aromatic heterocycles. The molecule has 10 heteroatoms. The van der Waals surface area contributed by atoms with Crippen LogP contribution in [0.2, 0.25) is 0 Å². The number of carbonyl (C=O) groups is 1. The van der Waals surface area contributed by atoms with Gasteiger partial charge in [0.05, 0.1) is 32.6 Å². The largest absolute Gasteiger partial charge is 0.497 e. The molecule has 31 heavy (non-hydrogen) atoms. The first-order chi connectivity index (χ1) is 15.1. The highest BCUT2D eigenvalue weighted by molar-refractivity contribution is 6.06. The number of nitrogens with one attached hydrogen (secondary N) is 2. The summed E-state index contributed by atoms with van der Waals surface area (Å²) in [6.45, 7) is 1.80. The minimum Gasteiger partial charge on any atom is -0.497 e. The summed E-state index contributed by atoms with van der Waals surface area (Å²) in [6.07, 6.45) is 0. The number of hydrogen-bond donors (Lipinski definition) is 2. The third-order valence-electron chi connectivity index (χ3n) is 5.05. The van der Waals surface area contributed by atoms with E-state index in [0.29, 0.717) is 45.7 Å². The summed E-state index contributed by atoms with van der Waals surface area (Å²) in [5.41, 5.74) is 2.28. The molecule has 0 radical (unpaired) electrons. The number of hydrogen-bond acceptors (Lipinski definition) is 8. The summed E-state index contributed by atoms with van der Waals surface area (Å²) < 4.78 is 17.9. The van der Waals surface area contributed by atoms with E-state index in [1.807, 2.05) is 18.2 Å². The fraction of sp³-hybridized carbons (Fsp3) is 0.238. The van der Waals surface area contributed by atoms with Crippen LogP contribution in [-0.2, 0) is 4.79 Å². The quantitative estimate of drug-likeness (QED) is 0.623. The molecule has 2 N–H and O–H groups in total. The molecular weight excluding hydrogens is 400 g/mol. The molecule has 1 amide bonds. The highest BCUT2D eigenvalue weighted by atomic mass is 16.5. The summed E-state index contributed by atoms with van der Waals surface area (Å²) in [6, 6.07) is 11.9. The third-order valence-corrected chi connectivity index (χ3v) is 5.05. The van der Waals surface area contributed by atoms with Gasteiger partial charge in [0.2, 0.25) is 5.95 Å². The molecule has 3 aromatic rings. The molecule has 2 aromatic carbocycles. The highest BCUT2D eigenvalue weighted by Gasteiger charge is 2.36. The number of anilines is 2. The van der Waals surface area contributed by atoms with Crippen molar-refractivity contribution in [3.63, 3.8) is 0 Å². The Hall–Kier alpha value is -4.08. The normalized spacial score (nSPS) is 15.0. The number of carbonyl (C=O) groups excluding carboxylic acids is 1. The number of benzene rings is 2. The average molecular weight is 422 g/mol. The fourth-order valence-electron chi connectivity index (χ4n) is 3.58. The number of rotatable bonds is 6. The second-order valence-electron chi connectivity index (χ2n) is 6.78. The standard InChI is InChI=1S/C21H22N6O4/c1-12-18(20(28)23-15-7-5-6-8-17(15)31-4)19(27-21(22-12)24-25-26-27)14-11-13(29-2)9-10-16(14)30-3/h5-11,19H,1-4H3,(H,23,28)(H,22,24,26)/t19-/m1/s1. The maximum atomic E-state index is 13.5. The number of allylic oxidation sites excluding steroid dienone is 1. The summed E-state index contributed by atoms with van der Waals surface area (Å²) in [5.74, 6) is 1.83. The van der Waals surface area contributed by atoms with Crippen molar-refractivity contribution >= 4 is 17.5 Å². The molecule has 0 bridgehead atoms. The van der Waals surface area contributed by atoms with E-state index in [2.05, 4.69) is 26.2 Å².